The molecule has 0 aliphatic rings. The molecule has 0 bridgehead atoms. The molecule has 0 spiro atoms. The summed E-state index contributed by atoms with van der Waals surface area (Å²) < 4.78 is 1.96. The zero-order valence-corrected chi connectivity index (χ0v) is 13.2. The van der Waals surface area contributed by atoms with Crippen molar-refractivity contribution in [2.24, 2.45) is 12.8 Å². The monoisotopic (exact) mass is 271 g/mol. The van der Waals surface area contributed by atoms with Crippen LogP contribution in [0.1, 0.15) is 37.6 Å². The standard InChI is InChI=1S/C17H25N3/c1-12-6-7-13(17(2,3)4)10-15(12)16-11-14(8-9-18)19-20(16)5/h6-7,10-11H,8-9,18H2,1-5H3. The lowest BCUT2D eigenvalue weighted by atomic mass is 9.85. The smallest absolute Gasteiger partial charge is 0.0684 e. The Morgan fingerprint density at radius 2 is 1.90 bits per heavy atom. The molecule has 0 amide bonds. The highest BCUT2D eigenvalue weighted by Crippen LogP contribution is 2.30. The summed E-state index contributed by atoms with van der Waals surface area (Å²) in [5, 5.41) is 4.55. The molecule has 1 aromatic carbocycles. The molecule has 1 aromatic heterocycles. The Bertz CT molecular complexity index is 603. The van der Waals surface area contributed by atoms with E-state index in [0.717, 1.165) is 17.8 Å². The fourth-order valence-electron chi connectivity index (χ4n) is 2.41. The van der Waals surface area contributed by atoms with E-state index < -0.39 is 0 Å². The molecule has 0 fully saturated rings. The average molecular weight is 271 g/mol. The van der Waals surface area contributed by atoms with E-state index in [9.17, 15) is 0 Å². The van der Waals surface area contributed by atoms with E-state index in [-0.39, 0.29) is 5.41 Å². The topological polar surface area (TPSA) is 43.8 Å². The van der Waals surface area contributed by atoms with Crippen LogP contribution in [0.4, 0.5) is 0 Å². The van der Waals surface area contributed by atoms with Crippen LogP contribution in [0, 0.1) is 6.92 Å². The minimum Gasteiger partial charge on any atom is -0.330 e. The van der Waals surface area contributed by atoms with Crippen molar-refractivity contribution in [3.05, 3.63) is 41.1 Å². The predicted molar refractivity (Wildman–Crippen MR) is 84.8 cm³/mol. The van der Waals surface area contributed by atoms with Crippen molar-refractivity contribution in [2.45, 2.75) is 39.5 Å². The van der Waals surface area contributed by atoms with E-state index in [1.807, 2.05) is 11.7 Å². The van der Waals surface area contributed by atoms with Crippen molar-refractivity contribution in [3.63, 3.8) is 0 Å². The molecule has 0 aliphatic heterocycles. The van der Waals surface area contributed by atoms with Gasteiger partial charge in [0.05, 0.1) is 11.4 Å². The first-order chi connectivity index (χ1) is 9.32. The summed E-state index contributed by atoms with van der Waals surface area (Å²) in [6.45, 7) is 9.51. The zero-order valence-electron chi connectivity index (χ0n) is 13.2. The molecule has 0 unspecified atom stereocenters. The quantitative estimate of drug-likeness (QED) is 0.931. The second-order valence-corrected chi connectivity index (χ2v) is 6.46. The van der Waals surface area contributed by atoms with Gasteiger partial charge in [-0.05, 0) is 42.1 Å². The summed E-state index contributed by atoms with van der Waals surface area (Å²) >= 11 is 0. The molecule has 2 aromatic rings. The third kappa shape index (κ3) is 2.93. The number of hydrogen-bond donors (Lipinski definition) is 1. The van der Waals surface area contributed by atoms with Gasteiger partial charge in [-0.25, -0.2) is 0 Å². The summed E-state index contributed by atoms with van der Waals surface area (Å²) in [6.07, 6.45) is 0.825. The fourth-order valence-corrected chi connectivity index (χ4v) is 2.41. The van der Waals surface area contributed by atoms with E-state index >= 15 is 0 Å². The maximum absolute atomic E-state index is 5.62. The molecule has 0 radical (unpaired) electrons. The van der Waals surface area contributed by atoms with E-state index in [4.69, 9.17) is 5.73 Å². The molecule has 0 atom stereocenters. The molecular formula is C17H25N3. The van der Waals surface area contributed by atoms with Crippen LogP contribution in [0.3, 0.4) is 0 Å². The van der Waals surface area contributed by atoms with Crippen LogP contribution in [0.5, 0.6) is 0 Å². The maximum Gasteiger partial charge on any atom is 0.0684 e. The van der Waals surface area contributed by atoms with E-state index in [0.29, 0.717) is 6.54 Å². The van der Waals surface area contributed by atoms with Crippen molar-refractivity contribution >= 4 is 0 Å². The number of rotatable bonds is 3. The highest BCUT2D eigenvalue weighted by Gasteiger charge is 2.17. The number of benzene rings is 1. The van der Waals surface area contributed by atoms with Crippen molar-refractivity contribution < 1.29 is 0 Å². The third-order valence-corrected chi connectivity index (χ3v) is 3.71. The van der Waals surface area contributed by atoms with Gasteiger partial charge in [-0.15, -0.1) is 0 Å². The summed E-state index contributed by atoms with van der Waals surface area (Å²) in [4.78, 5) is 0. The highest BCUT2D eigenvalue weighted by molar-refractivity contribution is 5.65. The molecule has 3 heteroatoms. The van der Waals surface area contributed by atoms with Gasteiger partial charge in [-0.2, -0.15) is 5.10 Å². The van der Waals surface area contributed by atoms with Gasteiger partial charge in [0.1, 0.15) is 0 Å². The summed E-state index contributed by atoms with van der Waals surface area (Å²) in [7, 11) is 2.00. The Labute approximate surface area is 121 Å². The van der Waals surface area contributed by atoms with Crippen molar-refractivity contribution in [1.82, 2.24) is 9.78 Å². The maximum atomic E-state index is 5.62. The van der Waals surface area contributed by atoms with Crippen molar-refractivity contribution in [2.75, 3.05) is 6.54 Å². The lowest BCUT2D eigenvalue weighted by Crippen LogP contribution is -2.11. The van der Waals surface area contributed by atoms with Gasteiger partial charge in [0, 0.05) is 19.0 Å². The lowest BCUT2D eigenvalue weighted by Gasteiger charge is -2.20. The van der Waals surface area contributed by atoms with Crippen LogP contribution < -0.4 is 5.73 Å². The first-order valence-corrected chi connectivity index (χ1v) is 7.17. The minimum atomic E-state index is 0.154. The number of nitrogens with two attached hydrogens (primary N) is 1. The molecule has 2 rings (SSSR count). The largest absolute Gasteiger partial charge is 0.330 e. The van der Waals surface area contributed by atoms with Gasteiger partial charge < -0.3 is 5.73 Å². The van der Waals surface area contributed by atoms with Crippen LogP contribution in [-0.4, -0.2) is 16.3 Å². The highest BCUT2D eigenvalue weighted by atomic mass is 15.3. The third-order valence-electron chi connectivity index (χ3n) is 3.71. The first-order valence-electron chi connectivity index (χ1n) is 7.17. The average Bonchev–Trinajstić information content (AvgIpc) is 2.70. The van der Waals surface area contributed by atoms with Crippen LogP contribution in [-0.2, 0) is 18.9 Å². The van der Waals surface area contributed by atoms with E-state index in [1.165, 1.54) is 16.7 Å². The SMILES string of the molecule is Cc1ccc(C(C)(C)C)cc1-c1cc(CCN)nn1C. The Kier molecular flexibility index (Phi) is 4.00. The van der Waals surface area contributed by atoms with Gasteiger partial charge >= 0.3 is 0 Å². The van der Waals surface area contributed by atoms with Gasteiger partial charge in [-0.3, -0.25) is 4.68 Å². The lowest BCUT2D eigenvalue weighted by molar-refractivity contribution is 0.590. The Morgan fingerprint density at radius 3 is 2.50 bits per heavy atom. The second kappa shape index (κ2) is 5.41. The van der Waals surface area contributed by atoms with Crippen LogP contribution in [0.2, 0.25) is 0 Å². The fraction of sp³-hybridized carbons (Fsp3) is 0.471. The molecule has 0 aliphatic carbocycles. The van der Waals surface area contributed by atoms with Crippen LogP contribution in [0.15, 0.2) is 24.3 Å². The van der Waals surface area contributed by atoms with E-state index in [1.54, 1.807) is 0 Å². The summed E-state index contributed by atoms with van der Waals surface area (Å²) in [6, 6.07) is 8.86. The van der Waals surface area contributed by atoms with Crippen LogP contribution in [0.25, 0.3) is 11.3 Å². The van der Waals surface area contributed by atoms with Crippen molar-refractivity contribution in [3.8, 4) is 11.3 Å². The van der Waals surface area contributed by atoms with Gasteiger partial charge in [0.25, 0.3) is 0 Å². The molecule has 0 saturated carbocycles. The number of hydrogen-bond acceptors (Lipinski definition) is 2. The second-order valence-electron chi connectivity index (χ2n) is 6.46. The Morgan fingerprint density at radius 1 is 1.20 bits per heavy atom. The Hall–Kier alpha value is -1.61. The molecule has 2 N–H and O–H groups in total. The number of aryl methyl sites for hydroxylation is 2. The van der Waals surface area contributed by atoms with Gasteiger partial charge in [0.15, 0.2) is 0 Å². The molecule has 108 valence electrons. The molecule has 3 nitrogen and oxygen atoms in total. The Balaban J connectivity index is 2.51. The predicted octanol–water partition coefficient (Wildman–Crippen LogP) is 3.19. The number of aromatic nitrogens is 2. The van der Waals surface area contributed by atoms with Crippen LogP contribution >= 0.6 is 0 Å². The first kappa shape index (κ1) is 14.8. The van der Waals surface area contributed by atoms with Gasteiger partial charge in [0.2, 0.25) is 0 Å². The van der Waals surface area contributed by atoms with Crippen molar-refractivity contribution in [1.29, 1.82) is 0 Å². The van der Waals surface area contributed by atoms with Gasteiger partial charge in [-0.1, -0.05) is 32.9 Å². The molecule has 1 heterocycles. The molecular weight excluding hydrogens is 246 g/mol. The summed E-state index contributed by atoms with van der Waals surface area (Å²) in [5.41, 5.74) is 11.9. The molecule has 0 saturated heterocycles. The van der Waals surface area contributed by atoms with E-state index in [2.05, 4.69) is 57.1 Å². The minimum absolute atomic E-state index is 0.154. The summed E-state index contributed by atoms with van der Waals surface area (Å²) in [5.74, 6) is 0. The molecule has 20 heavy (non-hydrogen) atoms. The normalized spacial score (nSPS) is 11.9. The number of nitrogens with zero attached hydrogens (tertiary/aromatic N) is 2. The zero-order chi connectivity index (χ0) is 14.9.